The zero-order valence-electron chi connectivity index (χ0n) is 25.6. The van der Waals surface area contributed by atoms with E-state index >= 15 is 0 Å². The molecule has 0 bridgehead atoms. The van der Waals surface area contributed by atoms with Gasteiger partial charge in [0.1, 0.15) is 11.6 Å². The predicted octanol–water partition coefficient (Wildman–Crippen LogP) is 3.86. The molecule has 9 nitrogen and oxygen atoms in total. The summed E-state index contributed by atoms with van der Waals surface area (Å²) in [6, 6.07) is 12.9. The molecule has 1 unspecified atom stereocenters. The molecule has 3 aromatic carbocycles. The Morgan fingerprint density at radius 2 is 1.64 bits per heavy atom. The number of nitrogens with zero attached hydrogens (tertiary/aromatic N) is 1. The Morgan fingerprint density at radius 3 is 2.31 bits per heavy atom. The SMILES string of the molecule is CCCN(CCC)C(=O)c1cc(C)cc(C(=O)N[C@@H](Cc2cc(F)cc(F)c2)[C@@H](O)CNC2CNS(=O)(=O)c3ccccc32)c1. The van der Waals surface area contributed by atoms with E-state index in [9.17, 15) is 31.9 Å². The molecule has 0 spiro atoms. The first-order valence-corrected chi connectivity index (χ1v) is 16.6. The number of sulfonamides is 1. The Hall–Kier alpha value is -3.71. The molecule has 45 heavy (non-hydrogen) atoms. The first-order valence-electron chi connectivity index (χ1n) is 15.1. The Kier molecular flexibility index (Phi) is 11.4. The van der Waals surface area contributed by atoms with Crippen LogP contribution in [0.3, 0.4) is 0 Å². The maximum absolute atomic E-state index is 14.0. The highest BCUT2D eigenvalue weighted by Crippen LogP contribution is 2.26. The average molecular weight is 643 g/mol. The van der Waals surface area contributed by atoms with Crippen molar-refractivity contribution in [3.8, 4) is 0 Å². The van der Waals surface area contributed by atoms with Crippen molar-refractivity contribution < 1.29 is 31.9 Å². The number of carbonyl (C=O) groups excluding carboxylic acids is 2. The van der Waals surface area contributed by atoms with Crippen LogP contribution in [0.25, 0.3) is 0 Å². The first-order chi connectivity index (χ1) is 21.4. The number of rotatable bonds is 13. The number of carbonyl (C=O) groups is 2. The minimum Gasteiger partial charge on any atom is -0.390 e. The molecule has 3 atom stereocenters. The van der Waals surface area contributed by atoms with Gasteiger partial charge in [-0.1, -0.05) is 32.0 Å². The van der Waals surface area contributed by atoms with Crippen LogP contribution in [0.5, 0.6) is 0 Å². The summed E-state index contributed by atoms with van der Waals surface area (Å²) in [7, 11) is -3.66. The van der Waals surface area contributed by atoms with Gasteiger partial charge in [0, 0.05) is 49.4 Å². The standard InChI is InChI=1S/C33H40F2N4O5S/c1-4-10-39(11-5-2)33(42)24-13-21(3)12-23(17-24)32(41)38-28(16-22-14-25(34)18-26(35)15-22)30(40)20-36-29-19-37-45(43,44)31-9-7-6-8-27(29)31/h6-9,12-15,17-18,28-30,36-37,40H,4-5,10-11,16,19-20H2,1-3H3,(H,38,41)/t28-,29?,30-/m0/s1. The van der Waals surface area contributed by atoms with E-state index in [1.54, 1.807) is 42.2 Å². The third kappa shape index (κ3) is 8.72. The molecule has 1 heterocycles. The lowest BCUT2D eigenvalue weighted by Crippen LogP contribution is -2.50. The summed E-state index contributed by atoms with van der Waals surface area (Å²) in [6.07, 6.45) is 0.228. The van der Waals surface area contributed by atoms with Gasteiger partial charge in [0.2, 0.25) is 10.0 Å². The summed E-state index contributed by atoms with van der Waals surface area (Å²) in [5.74, 6) is -2.34. The Bertz CT molecular complexity index is 1610. The highest BCUT2D eigenvalue weighted by Gasteiger charge is 2.31. The fraction of sp³-hybridized carbons (Fsp3) is 0.394. The Morgan fingerprint density at radius 1 is 1.00 bits per heavy atom. The highest BCUT2D eigenvalue weighted by molar-refractivity contribution is 7.89. The summed E-state index contributed by atoms with van der Waals surface area (Å²) in [4.78, 5) is 28.7. The van der Waals surface area contributed by atoms with Crippen LogP contribution in [0.2, 0.25) is 0 Å². The number of aryl methyl sites for hydroxylation is 1. The quantitative estimate of drug-likeness (QED) is 0.224. The minimum atomic E-state index is -3.66. The van der Waals surface area contributed by atoms with Crippen LogP contribution in [0, 0.1) is 18.6 Å². The lowest BCUT2D eigenvalue weighted by Gasteiger charge is -2.30. The van der Waals surface area contributed by atoms with Gasteiger partial charge in [-0.3, -0.25) is 9.59 Å². The van der Waals surface area contributed by atoms with Gasteiger partial charge >= 0.3 is 0 Å². The number of aliphatic hydroxyl groups is 1. The van der Waals surface area contributed by atoms with Crippen LogP contribution >= 0.6 is 0 Å². The number of aliphatic hydroxyl groups excluding tert-OH is 1. The molecule has 0 aromatic heterocycles. The van der Waals surface area contributed by atoms with Gasteiger partial charge in [-0.15, -0.1) is 0 Å². The molecule has 3 aromatic rings. The number of hydrogen-bond donors (Lipinski definition) is 4. The van der Waals surface area contributed by atoms with Crippen molar-refractivity contribution in [2.75, 3.05) is 26.2 Å². The second kappa shape index (κ2) is 15.0. The molecule has 242 valence electrons. The molecule has 0 aliphatic carbocycles. The zero-order valence-corrected chi connectivity index (χ0v) is 26.5. The summed E-state index contributed by atoms with van der Waals surface area (Å²) >= 11 is 0. The second-order valence-electron chi connectivity index (χ2n) is 11.4. The van der Waals surface area contributed by atoms with Gasteiger partial charge in [0.25, 0.3) is 11.8 Å². The number of nitrogens with one attached hydrogen (secondary N) is 3. The van der Waals surface area contributed by atoms with E-state index in [1.165, 1.54) is 12.1 Å². The number of halogens is 2. The van der Waals surface area contributed by atoms with E-state index in [2.05, 4.69) is 15.4 Å². The van der Waals surface area contributed by atoms with Gasteiger partial charge in [-0.2, -0.15) is 0 Å². The number of fused-ring (bicyclic) bond motifs is 1. The van der Waals surface area contributed by atoms with E-state index < -0.39 is 45.8 Å². The van der Waals surface area contributed by atoms with Crippen molar-refractivity contribution in [3.63, 3.8) is 0 Å². The molecule has 1 aliphatic heterocycles. The van der Waals surface area contributed by atoms with Crippen LogP contribution in [-0.2, 0) is 16.4 Å². The van der Waals surface area contributed by atoms with Crippen molar-refractivity contribution in [1.29, 1.82) is 0 Å². The molecule has 0 fully saturated rings. The third-order valence-electron chi connectivity index (χ3n) is 7.65. The van der Waals surface area contributed by atoms with E-state index in [0.29, 0.717) is 29.8 Å². The van der Waals surface area contributed by atoms with Crippen LogP contribution in [0.15, 0.2) is 65.6 Å². The second-order valence-corrected chi connectivity index (χ2v) is 13.1. The average Bonchev–Trinajstić information content (AvgIpc) is 2.99. The van der Waals surface area contributed by atoms with Crippen LogP contribution in [0.4, 0.5) is 8.78 Å². The fourth-order valence-corrected chi connectivity index (χ4v) is 6.89. The lowest BCUT2D eigenvalue weighted by atomic mass is 9.98. The maximum atomic E-state index is 14.0. The van der Waals surface area contributed by atoms with E-state index in [-0.39, 0.29) is 41.4 Å². The largest absolute Gasteiger partial charge is 0.390 e. The smallest absolute Gasteiger partial charge is 0.253 e. The number of benzene rings is 3. The normalized spacial score (nSPS) is 16.8. The summed E-state index contributed by atoms with van der Waals surface area (Å²) in [5.41, 5.74) is 2.03. The van der Waals surface area contributed by atoms with Crippen molar-refractivity contribution in [2.24, 2.45) is 0 Å². The van der Waals surface area contributed by atoms with Crippen LogP contribution in [-0.4, -0.2) is 68.6 Å². The molecular weight excluding hydrogens is 602 g/mol. The van der Waals surface area contributed by atoms with Gasteiger partial charge in [-0.05, 0) is 79.3 Å². The Balaban J connectivity index is 1.57. The molecule has 4 N–H and O–H groups in total. The topological polar surface area (TPSA) is 128 Å². The molecular formula is C33H40F2N4O5S. The monoisotopic (exact) mass is 642 g/mol. The number of amides is 2. The molecule has 12 heteroatoms. The summed E-state index contributed by atoms with van der Waals surface area (Å²) in [5, 5.41) is 17.3. The third-order valence-corrected chi connectivity index (χ3v) is 9.15. The van der Waals surface area contributed by atoms with Crippen molar-refractivity contribution in [2.45, 2.75) is 63.1 Å². The van der Waals surface area contributed by atoms with Crippen LogP contribution in [0.1, 0.15) is 70.1 Å². The molecule has 2 amide bonds. The molecule has 0 saturated heterocycles. The summed E-state index contributed by atoms with van der Waals surface area (Å²) < 4.78 is 55.5. The van der Waals surface area contributed by atoms with Crippen molar-refractivity contribution >= 4 is 21.8 Å². The molecule has 4 rings (SSSR count). The van der Waals surface area contributed by atoms with Crippen molar-refractivity contribution in [3.05, 3.63) is 100 Å². The predicted molar refractivity (Wildman–Crippen MR) is 167 cm³/mol. The van der Waals surface area contributed by atoms with Gasteiger partial charge in [0.05, 0.1) is 17.0 Å². The van der Waals surface area contributed by atoms with Gasteiger partial charge in [0.15, 0.2) is 0 Å². The molecule has 0 radical (unpaired) electrons. The van der Waals surface area contributed by atoms with Crippen LogP contribution < -0.4 is 15.4 Å². The van der Waals surface area contributed by atoms with E-state index in [0.717, 1.165) is 31.0 Å². The molecule has 0 saturated carbocycles. The van der Waals surface area contributed by atoms with E-state index in [4.69, 9.17) is 0 Å². The molecule has 1 aliphatic rings. The number of hydrogen-bond acceptors (Lipinski definition) is 6. The zero-order chi connectivity index (χ0) is 32.7. The van der Waals surface area contributed by atoms with E-state index in [1.807, 2.05) is 13.8 Å². The maximum Gasteiger partial charge on any atom is 0.253 e. The van der Waals surface area contributed by atoms with Crippen molar-refractivity contribution in [1.82, 2.24) is 20.3 Å². The fourth-order valence-electron chi connectivity index (χ4n) is 5.57. The van der Waals surface area contributed by atoms with Gasteiger partial charge in [-0.25, -0.2) is 21.9 Å². The first kappa shape index (κ1) is 34.2. The lowest BCUT2D eigenvalue weighted by molar-refractivity contribution is 0.0755. The Labute approximate surface area is 263 Å². The minimum absolute atomic E-state index is 0.0470. The summed E-state index contributed by atoms with van der Waals surface area (Å²) in [6.45, 7) is 6.89. The highest BCUT2D eigenvalue weighted by atomic mass is 32.2. The van der Waals surface area contributed by atoms with Gasteiger partial charge < -0.3 is 20.6 Å².